The van der Waals surface area contributed by atoms with Gasteiger partial charge in [0.25, 0.3) is 5.91 Å². The number of hydrogen-bond acceptors (Lipinski definition) is 4. The summed E-state index contributed by atoms with van der Waals surface area (Å²) < 4.78 is 16.1. The molecule has 8 nitrogen and oxygen atoms in total. The van der Waals surface area contributed by atoms with Crippen molar-refractivity contribution in [2.75, 3.05) is 13.1 Å². The van der Waals surface area contributed by atoms with Gasteiger partial charge in [0.15, 0.2) is 0 Å². The lowest BCUT2D eigenvalue weighted by Gasteiger charge is -2.26. The number of carbonyl (C=O) groups excluding carboxylic acids is 2. The van der Waals surface area contributed by atoms with Crippen LogP contribution in [0.15, 0.2) is 24.3 Å². The minimum atomic E-state index is -1.20. The number of amides is 2. The van der Waals surface area contributed by atoms with Crippen molar-refractivity contribution in [1.82, 2.24) is 20.0 Å². The molecule has 2 rings (SSSR count). The van der Waals surface area contributed by atoms with Gasteiger partial charge in [-0.1, -0.05) is 0 Å². The standard InChI is InChI=1S/C19H23FN4O4/c1-11-9-12(2)24(22-11)17-6-5-15(10-16(17)20)18(26)23(13(3)19(27)28)8-7-21-14(4)25/h5-6,9-10,13H,7-8H2,1-4H3,(H,21,25)(H,27,28). The first kappa shape index (κ1) is 21.1. The summed E-state index contributed by atoms with van der Waals surface area (Å²) in [4.78, 5) is 36.3. The maximum Gasteiger partial charge on any atom is 0.326 e. The normalized spacial score (nSPS) is 11.8. The molecule has 2 aromatic rings. The summed E-state index contributed by atoms with van der Waals surface area (Å²) >= 11 is 0. The zero-order valence-corrected chi connectivity index (χ0v) is 16.2. The maximum absolute atomic E-state index is 14.7. The number of nitrogens with one attached hydrogen (secondary N) is 1. The second-order valence-electron chi connectivity index (χ2n) is 6.50. The predicted octanol–water partition coefficient (Wildman–Crippen LogP) is 1.68. The average Bonchev–Trinajstić information content (AvgIpc) is 2.95. The zero-order valence-electron chi connectivity index (χ0n) is 16.2. The van der Waals surface area contributed by atoms with Crippen molar-refractivity contribution in [1.29, 1.82) is 0 Å². The summed E-state index contributed by atoms with van der Waals surface area (Å²) in [5.74, 6) is -2.78. The minimum Gasteiger partial charge on any atom is -0.480 e. The Morgan fingerprint density at radius 3 is 2.46 bits per heavy atom. The molecule has 1 unspecified atom stereocenters. The predicted molar refractivity (Wildman–Crippen MR) is 99.8 cm³/mol. The molecule has 1 atom stereocenters. The van der Waals surface area contributed by atoms with E-state index in [4.69, 9.17) is 0 Å². The van der Waals surface area contributed by atoms with Crippen LogP contribution in [0.5, 0.6) is 0 Å². The Kier molecular flexibility index (Phi) is 6.50. The minimum absolute atomic E-state index is 0.0127. The van der Waals surface area contributed by atoms with E-state index in [0.717, 1.165) is 22.4 Å². The summed E-state index contributed by atoms with van der Waals surface area (Å²) in [5.41, 5.74) is 1.68. The molecule has 2 amide bonds. The molecule has 28 heavy (non-hydrogen) atoms. The van der Waals surface area contributed by atoms with Gasteiger partial charge in [0.05, 0.1) is 5.69 Å². The second-order valence-corrected chi connectivity index (χ2v) is 6.50. The van der Waals surface area contributed by atoms with Crippen LogP contribution in [-0.2, 0) is 9.59 Å². The van der Waals surface area contributed by atoms with Crippen molar-refractivity contribution in [3.8, 4) is 5.69 Å². The lowest BCUT2D eigenvalue weighted by Crippen LogP contribution is -2.46. The van der Waals surface area contributed by atoms with Crippen LogP contribution in [0, 0.1) is 19.7 Å². The molecule has 0 spiro atoms. The van der Waals surface area contributed by atoms with Gasteiger partial charge in [0, 0.05) is 31.3 Å². The van der Waals surface area contributed by atoms with Gasteiger partial charge < -0.3 is 15.3 Å². The molecule has 0 aliphatic carbocycles. The molecule has 0 saturated carbocycles. The zero-order chi connectivity index (χ0) is 21.0. The molecule has 1 aromatic carbocycles. The SMILES string of the molecule is CC(=O)NCCN(C(=O)c1ccc(-n2nc(C)cc2C)c(F)c1)C(C)C(=O)O. The summed E-state index contributed by atoms with van der Waals surface area (Å²) in [6, 6.07) is 4.58. The highest BCUT2D eigenvalue weighted by molar-refractivity contribution is 5.96. The third-order valence-electron chi connectivity index (χ3n) is 4.24. The number of nitrogens with zero attached hydrogens (tertiary/aromatic N) is 3. The first-order valence-corrected chi connectivity index (χ1v) is 8.73. The van der Waals surface area contributed by atoms with Crippen LogP contribution < -0.4 is 5.32 Å². The molecule has 0 aliphatic rings. The monoisotopic (exact) mass is 390 g/mol. The Bertz CT molecular complexity index is 909. The lowest BCUT2D eigenvalue weighted by atomic mass is 10.1. The first-order valence-electron chi connectivity index (χ1n) is 8.73. The number of carboxylic acids is 1. The molecule has 150 valence electrons. The number of aromatic nitrogens is 2. The fourth-order valence-corrected chi connectivity index (χ4v) is 2.81. The van der Waals surface area contributed by atoms with Gasteiger partial charge in [-0.05, 0) is 45.0 Å². The maximum atomic E-state index is 14.7. The number of carboxylic acid groups (broad SMARTS) is 1. The van der Waals surface area contributed by atoms with E-state index in [2.05, 4.69) is 10.4 Å². The number of aliphatic carboxylic acids is 1. The summed E-state index contributed by atoms with van der Waals surface area (Å²) in [7, 11) is 0. The van der Waals surface area contributed by atoms with E-state index in [9.17, 15) is 23.9 Å². The van der Waals surface area contributed by atoms with Crippen LogP contribution in [-0.4, -0.2) is 56.7 Å². The summed E-state index contributed by atoms with van der Waals surface area (Å²) in [6.45, 7) is 6.32. The number of benzene rings is 1. The molecule has 0 fully saturated rings. The van der Waals surface area contributed by atoms with E-state index in [1.165, 1.54) is 30.7 Å². The largest absolute Gasteiger partial charge is 0.480 e. The lowest BCUT2D eigenvalue weighted by molar-refractivity contribution is -0.141. The third kappa shape index (κ3) is 4.73. The Labute approximate surface area is 161 Å². The van der Waals surface area contributed by atoms with Crippen molar-refractivity contribution in [2.45, 2.75) is 33.7 Å². The van der Waals surface area contributed by atoms with Crippen LogP contribution in [0.1, 0.15) is 35.6 Å². The highest BCUT2D eigenvalue weighted by Crippen LogP contribution is 2.19. The smallest absolute Gasteiger partial charge is 0.326 e. The van der Waals surface area contributed by atoms with Crippen molar-refractivity contribution >= 4 is 17.8 Å². The quantitative estimate of drug-likeness (QED) is 0.749. The topological polar surface area (TPSA) is 105 Å². The van der Waals surface area contributed by atoms with Crippen molar-refractivity contribution in [3.05, 3.63) is 47.0 Å². The molecule has 0 bridgehead atoms. The number of halogens is 1. The van der Waals surface area contributed by atoms with E-state index >= 15 is 0 Å². The highest BCUT2D eigenvalue weighted by atomic mass is 19.1. The van der Waals surface area contributed by atoms with E-state index < -0.39 is 23.7 Å². The summed E-state index contributed by atoms with van der Waals surface area (Å²) in [5, 5.41) is 16.0. The molecule has 2 N–H and O–H groups in total. The van der Waals surface area contributed by atoms with Crippen molar-refractivity contribution in [2.24, 2.45) is 0 Å². The highest BCUT2D eigenvalue weighted by Gasteiger charge is 2.27. The molecular formula is C19H23FN4O4. The average molecular weight is 390 g/mol. The Morgan fingerprint density at radius 2 is 1.96 bits per heavy atom. The van der Waals surface area contributed by atoms with Gasteiger partial charge in [-0.3, -0.25) is 9.59 Å². The number of carbonyl (C=O) groups is 3. The fourth-order valence-electron chi connectivity index (χ4n) is 2.81. The molecule has 0 aliphatic heterocycles. The molecule has 1 aromatic heterocycles. The van der Waals surface area contributed by atoms with Crippen LogP contribution in [0.4, 0.5) is 4.39 Å². The Balaban J connectivity index is 2.30. The van der Waals surface area contributed by atoms with Gasteiger partial charge in [0.1, 0.15) is 17.5 Å². The molecule has 9 heteroatoms. The number of aryl methyl sites for hydroxylation is 2. The van der Waals surface area contributed by atoms with Crippen LogP contribution in [0.2, 0.25) is 0 Å². The first-order chi connectivity index (χ1) is 13.1. The van der Waals surface area contributed by atoms with E-state index in [1.54, 1.807) is 19.9 Å². The van der Waals surface area contributed by atoms with Crippen LogP contribution in [0.3, 0.4) is 0 Å². The van der Waals surface area contributed by atoms with Gasteiger partial charge in [-0.25, -0.2) is 13.9 Å². The Morgan fingerprint density at radius 1 is 1.29 bits per heavy atom. The van der Waals surface area contributed by atoms with E-state index in [0.29, 0.717) is 0 Å². The second kappa shape index (κ2) is 8.64. The van der Waals surface area contributed by atoms with Gasteiger partial charge in [0.2, 0.25) is 5.91 Å². The Hall–Kier alpha value is -3.23. The number of hydrogen-bond donors (Lipinski definition) is 2. The van der Waals surface area contributed by atoms with E-state index in [1.807, 2.05) is 0 Å². The van der Waals surface area contributed by atoms with Gasteiger partial charge >= 0.3 is 5.97 Å². The van der Waals surface area contributed by atoms with Crippen molar-refractivity contribution < 1.29 is 23.9 Å². The molecule has 0 saturated heterocycles. The molecular weight excluding hydrogens is 367 g/mol. The van der Waals surface area contributed by atoms with Crippen LogP contribution >= 0.6 is 0 Å². The third-order valence-corrected chi connectivity index (χ3v) is 4.24. The van der Waals surface area contributed by atoms with Crippen molar-refractivity contribution in [3.63, 3.8) is 0 Å². The molecule has 0 radical (unpaired) electrons. The van der Waals surface area contributed by atoms with Gasteiger partial charge in [-0.2, -0.15) is 5.10 Å². The fraction of sp³-hybridized carbons (Fsp3) is 0.368. The van der Waals surface area contributed by atoms with E-state index in [-0.39, 0.29) is 30.2 Å². The van der Waals surface area contributed by atoms with Gasteiger partial charge in [-0.15, -0.1) is 0 Å². The van der Waals surface area contributed by atoms with Crippen LogP contribution in [0.25, 0.3) is 5.69 Å². The summed E-state index contributed by atoms with van der Waals surface area (Å²) in [6.07, 6.45) is 0. The number of rotatable bonds is 7. The molecule has 1 heterocycles.